The SMILES string of the molecule is Oc1ccc(Br)cc1/C=N\N1CCOCC1. The Morgan fingerprint density at radius 2 is 2.12 bits per heavy atom. The number of ether oxygens (including phenoxy) is 1. The van der Waals surface area contributed by atoms with Crippen LogP contribution in [0.2, 0.25) is 0 Å². The average Bonchev–Trinajstić information content (AvgIpc) is 2.32. The first-order valence-corrected chi connectivity index (χ1v) is 5.90. The second kappa shape index (κ2) is 5.32. The molecule has 1 heterocycles. The monoisotopic (exact) mass is 284 g/mol. The molecule has 0 saturated carbocycles. The molecule has 1 aromatic carbocycles. The molecular formula is C11H13BrN2O2. The zero-order valence-electron chi connectivity index (χ0n) is 8.77. The van der Waals surface area contributed by atoms with Crippen LogP contribution in [-0.2, 0) is 4.74 Å². The molecule has 0 spiro atoms. The number of hydrazone groups is 1. The molecule has 16 heavy (non-hydrogen) atoms. The van der Waals surface area contributed by atoms with E-state index in [1.54, 1.807) is 18.3 Å². The van der Waals surface area contributed by atoms with Crippen LogP contribution in [0.4, 0.5) is 0 Å². The summed E-state index contributed by atoms with van der Waals surface area (Å²) in [6.45, 7) is 3.01. The summed E-state index contributed by atoms with van der Waals surface area (Å²) < 4.78 is 6.15. The lowest BCUT2D eigenvalue weighted by molar-refractivity contribution is 0.0397. The van der Waals surface area contributed by atoms with E-state index in [1.165, 1.54) is 0 Å². The van der Waals surface area contributed by atoms with Crippen LogP contribution >= 0.6 is 15.9 Å². The van der Waals surface area contributed by atoms with Crippen LogP contribution in [0.5, 0.6) is 5.75 Å². The van der Waals surface area contributed by atoms with E-state index in [0.29, 0.717) is 18.8 Å². The smallest absolute Gasteiger partial charge is 0.124 e. The van der Waals surface area contributed by atoms with Crippen LogP contribution in [0.1, 0.15) is 5.56 Å². The molecule has 1 N–H and O–H groups in total. The first-order chi connectivity index (χ1) is 7.75. The molecule has 1 aromatic rings. The fourth-order valence-corrected chi connectivity index (χ4v) is 1.82. The summed E-state index contributed by atoms with van der Waals surface area (Å²) in [7, 11) is 0. The zero-order valence-corrected chi connectivity index (χ0v) is 10.4. The molecule has 0 atom stereocenters. The third-order valence-corrected chi connectivity index (χ3v) is 2.83. The van der Waals surface area contributed by atoms with Crippen molar-refractivity contribution in [3.05, 3.63) is 28.2 Å². The summed E-state index contributed by atoms with van der Waals surface area (Å²) in [5.41, 5.74) is 0.709. The Morgan fingerprint density at radius 1 is 1.38 bits per heavy atom. The second-order valence-electron chi connectivity index (χ2n) is 3.51. The standard InChI is InChI=1S/C11H13BrN2O2/c12-10-1-2-11(15)9(7-10)8-13-14-3-5-16-6-4-14/h1-2,7-8,15H,3-6H2/b13-8-. The molecule has 0 aliphatic carbocycles. The highest BCUT2D eigenvalue weighted by atomic mass is 79.9. The number of rotatable bonds is 2. The molecular weight excluding hydrogens is 272 g/mol. The van der Waals surface area contributed by atoms with Crippen LogP contribution < -0.4 is 0 Å². The molecule has 0 unspecified atom stereocenters. The number of phenols is 1. The highest BCUT2D eigenvalue weighted by molar-refractivity contribution is 9.10. The maximum absolute atomic E-state index is 9.61. The average molecular weight is 285 g/mol. The van der Waals surface area contributed by atoms with Gasteiger partial charge in [0.2, 0.25) is 0 Å². The third kappa shape index (κ3) is 2.96. The molecule has 0 radical (unpaired) electrons. The van der Waals surface area contributed by atoms with Gasteiger partial charge < -0.3 is 9.84 Å². The van der Waals surface area contributed by atoms with E-state index in [4.69, 9.17) is 4.74 Å². The molecule has 0 bridgehead atoms. The quantitative estimate of drug-likeness (QED) is 0.843. The highest BCUT2D eigenvalue weighted by Crippen LogP contribution is 2.20. The number of benzene rings is 1. The van der Waals surface area contributed by atoms with Crippen molar-refractivity contribution >= 4 is 22.1 Å². The summed E-state index contributed by atoms with van der Waals surface area (Å²) in [6, 6.07) is 5.27. The zero-order chi connectivity index (χ0) is 11.4. The number of halogens is 1. The van der Waals surface area contributed by atoms with Crippen molar-refractivity contribution in [1.82, 2.24) is 5.01 Å². The van der Waals surface area contributed by atoms with Gasteiger partial charge in [0.05, 0.1) is 32.5 Å². The van der Waals surface area contributed by atoms with Crippen molar-refractivity contribution < 1.29 is 9.84 Å². The topological polar surface area (TPSA) is 45.1 Å². The first kappa shape index (κ1) is 11.4. The highest BCUT2D eigenvalue weighted by Gasteiger charge is 2.06. The normalized spacial score (nSPS) is 16.9. The van der Waals surface area contributed by atoms with Crippen molar-refractivity contribution in [2.45, 2.75) is 0 Å². The minimum atomic E-state index is 0.236. The molecule has 1 saturated heterocycles. The van der Waals surface area contributed by atoms with E-state index in [1.807, 2.05) is 11.1 Å². The Balaban J connectivity index is 2.07. The number of morpholine rings is 1. The Morgan fingerprint density at radius 3 is 2.88 bits per heavy atom. The molecule has 1 aliphatic heterocycles. The largest absolute Gasteiger partial charge is 0.507 e. The number of hydrogen-bond donors (Lipinski definition) is 1. The summed E-state index contributed by atoms with van der Waals surface area (Å²) >= 11 is 3.36. The molecule has 1 fully saturated rings. The van der Waals surface area contributed by atoms with E-state index in [2.05, 4.69) is 21.0 Å². The number of phenolic OH excluding ortho intramolecular Hbond substituents is 1. The first-order valence-electron chi connectivity index (χ1n) is 5.11. The van der Waals surface area contributed by atoms with Crippen molar-refractivity contribution in [2.75, 3.05) is 26.3 Å². The van der Waals surface area contributed by atoms with E-state index in [0.717, 1.165) is 17.6 Å². The van der Waals surface area contributed by atoms with Crippen LogP contribution in [0, 0.1) is 0 Å². The van der Waals surface area contributed by atoms with Gasteiger partial charge in [0.15, 0.2) is 0 Å². The van der Waals surface area contributed by atoms with Crippen molar-refractivity contribution in [3.8, 4) is 5.75 Å². The van der Waals surface area contributed by atoms with Crippen molar-refractivity contribution in [3.63, 3.8) is 0 Å². The predicted molar refractivity (Wildman–Crippen MR) is 65.8 cm³/mol. The molecule has 1 aliphatic rings. The van der Waals surface area contributed by atoms with Gasteiger partial charge in [0, 0.05) is 10.0 Å². The summed E-state index contributed by atoms with van der Waals surface area (Å²) in [4.78, 5) is 0. The van der Waals surface area contributed by atoms with Gasteiger partial charge in [-0.25, -0.2) is 0 Å². The van der Waals surface area contributed by atoms with E-state index >= 15 is 0 Å². The molecule has 5 heteroatoms. The minimum Gasteiger partial charge on any atom is -0.507 e. The predicted octanol–water partition coefficient (Wildman–Crippen LogP) is 1.82. The number of nitrogens with zero attached hydrogens (tertiary/aromatic N) is 2. The Kier molecular flexibility index (Phi) is 3.79. The third-order valence-electron chi connectivity index (χ3n) is 2.34. The molecule has 4 nitrogen and oxygen atoms in total. The van der Waals surface area contributed by atoms with E-state index in [-0.39, 0.29) is 5.75 Å². The van der Waals surface area contributed by atoms with Gasteiger partial charge in [0.1, 0.15) is 5.75 Å². The van der Waals surface area contributed by atoms with Gasteiger partial charge in [0.25, 0.3) is 0 Å². The maximum Gasteiger partial charge on any atom is 0.124 e. The Labute approximate surface area is 103 Å². The lowest BCUT2D eigenvalue weighted by Crippen LogP contribution is -2.32. The number of aromatic hydroxyl groups is 1. The molecule has 86 valence electrons. The van der Waals surface area contributed by atoms with Crippen molar-refractivity contribution in [1.29, 1.82) is 0 Å². The van der Waals surface area contributed by atoms with Gasteiger partial charge in [-0.05, 0) is 18.2 Å². The van der Waals surface area contributed by atoms with Crippen LogP contribution in [0.15, 0.2) is 27.8 Å². The fraction of sp³-hybridized carbons (Fsp3) is 0.364. The fourth-order valence-electron chi connectivity index (χ4n) is 1.44. The van der Waals surface area contributed by atoms with Crippen LogP contribution in [-0.4, -0.2) is 42.6 Å². The van der Waals surface area contributed by atoms with Crippen molar-refractivity contribution in [2.24, 2.45) is 5.10 Å². The van der Waals surface area contributed by atoms with E-state index < -0.39 is 0 Å². The van der Waals surface area contributed by atoms with Gasteiger partial charge in [-0.2, -0.15) is 5.10 Å². The maximum atomic E-state index is 9.61. The van der Waals surface area contributed by atoms with E-state index in [9.17, 15) is 5.11 Å². The van der Waals surface area contributed by atoms with Gasteiger partial charge in [-0.15, -0.1) is 0 Å². The molecule has 0 aromatic heterocycles. The molecule has 0 amide bonds. The Hall–Kier alpha value is -1.07. The summed E-state index contributed by atoms with van der Waals surface area (Å²) in [5, 5.41) is 15.8. The second-order valence-corrected chi connectivity index (χ2v) is 4.43. The number of hydrogen-bond acceptors (Lipinski definition) is 4. The lowest BCUT2D eigenvalue weighted by Gasteiger charge is -2.23. The van der Waals surface area contributed by atoms with Gasteiger partial charge >= 0.3 is 0 Å². The lowest BCUT2D eigenvalue weighted by atomic mass is 10.2. The summed E-state index contributed by atoms with van der Waals surface area (Å²) in [5.74, 6) is 0.236. The van der Waals surface area contributed by atoms with Crippen LogP contribution in [0.3, 0.4) is 0 Å². The van der Waals surface area contributed by atoms with Crippen LogP contribution in [0.25, 0.3) is 0 Å². The minimum absolute atomic E-state index is 0.236. The summed E-state index contributed by atoms with van der Waals surface area (Å²) in [6.07, 6.45) is 1.67. The van der Waals surface area contributed by atoms with Gasteiger partial charge in [-0.3, -0.25) is 5.01 Å². The molecule has 2 rings (SSSR count). The van der Waals surface area contributed by atoms with Gasteiger partial charge in [-0.1, -0.05) is 15.9 Å². The Bertz CT molecular complexity index is 390.